The summed E-state index contributed by atoms with van der Waals surface area (Å²) in [5.41, 5.74) is 3.26. The van der Waals surface area contributed by atoms with Crippen LogP contribution in [-0.4, -0.2) is 0 Å². The van der Waals surface area contributed by atoms with Crippen LogP contribution in [0, 0.1) is 56.3 Å². The zero-order chi connectivity index (χ0) is 20.3. The molecule has 0 saturated heterocycles. The van der Waals surface area contributed by atoms with Gasteiger partial charge in [0.25, 0.3) is 0 Å². The SMILES string of the molecule is Cc1cc(C(=C(C#N)C#N)C(c2cc(C)sc2C)C2C=CC=CC=C2)c(C)s1. The second-order valence-corrected chi connectivity index (χ2v) is 9.84. The first kappa shape index (κ1) is 20.1. The van der Waals surface area contributed by atoms with Crippen molar-refractivity contribution < 1.29 is 0 Å². The molecule has 2 nitrogen and oxygen atoms in total. The van der Waals surface area contributed by atoms with Gasteiger partial charge in [0, 0.05) is 31.3 Å². The molecule has 0 bridgehead atoms. The van der Waals surface area contributed by atoms with Crippen molar-refractivity contribution in [2.75, 3.05) is 0 Å². The van der Waals surface area contributed by atoms with Gasteiger partial charge in [-0.05, 0) is 56.5 Å². The maximum Gasteiger partial charge on any atom is 0.134 e. The molecule has 140 valence electrons. The molecule has 3 rings (SSSR count). The fraction of sp³-hybridized carbons (Fsp3) is 0.250. The maximum atomic E-state index is 9.81. The highest BCUT2D eigenvalue weighted by molar-refractivity contribution is 7.12. The molecule has 0 aromatic carbocycles. The van der Waals surface area contributed by atoms with Gasteiger partial charge in [0.05, 0.1) is 0 Å². The number of hydrogen-bond acceptors (Lipinski definition) is 4. The first-order valence-electron chi connectivity index (χ1n) is 9.16. The molecule has 0 saturated carbocycles. The van der Waals surface area contributed by atoms with Crippen molar-refractivity contribution in [2.24, 2.45) is 5.92 Å². The average Bonchev–Trinajstić information content (AvgIpc) is 3.02. The molecule has 0 spiro atoms. The fourth-order valence-corrected chi connectivity index (χ4v) is 5.73. The Labute approximate surface area is 175 Å². The Morgan fingerprint density at radius 3 is 1.89 bits per heavy atom. The van der Waals surface area contributed by atoms with Crippen LogP contribution < -0.4 is 0 Å². The summed E-state index contributed by atoms with van der Waals surface area (Å²) < 4.78 is 0. The minimum atomic E-state index is -0.0839. The van der Waals surface area contributed by atoms with Crippen molar-refractivity contribution in [3.8, 4) is 12.1 Å². The zero-order valence-corrected chi connectivity index (χ0v) is 18.1. The second kappa shape index (κ2) is 8.57. The Morgan fingerprint density at radius 2 is 1.43 bits per heavy atom. The minimum absolute atomic E-state index is 0.0639. The quantitative estimate of drug-likeness (QED) is 0.521. The highest BCUT2D eigenvalue weighted by atomic mass is 32.1. The van der Waals surface area contributed by atoms with Crippen molar-refractivity contribution in [2.45, 2.75) is 33.6 Å². The first-order valence-corrected chi connectivity index (χ1v) is 10.8. The van der Waals surface area contributed by atoms with E-state index in [9.17, 15) is 10.5 Å². The lowest BCUT2D eigenvalue weighted by Gasteiger charge is -2.26. The maximum absolute atomic E-state index is 9.81. The molecule has 0 radical (unpaired) electrons. The van der Waals surface area contributed by atoms with Crippen molar-refractivity contribution in [3.05, 3.63) is 84.8 Å². The Balaban J connectivity index is 2.34. The van der Waals surface area contributed by atoms with E-state index in [1.165, 1.54) is 20.2 Å². The zero-order valence-electron chi connectivity index (χ0n) is 16.5. The lowest BCUT2D eigenvalue weighted by atomic mass is 9.75. The van der Waals surface area contributed by atoms with Gasteiger partial charge < -0.3 is 0 Å². The van der Waals surface area contributed by atoms with Crippen LogP contribution in [0.3, 0.4) is 0 Å². The third-order valence-electron chi connectivity index (χ3n) is 4.93. The molecule has 2 aromatic rings. The molecule has 1 unspecified atom stereocenters. The topological polar surface area (TPSA) is 47.6 Å². The van der Waals surface area contributed by atoms with E-state index in [2.05, 4.69) is 64.1 Å². The van der Waals surface area contributed by atoms with Gasteiger partial charge >= 0.3 is 0 Å². The standard InChI is InChI=1S/C24H22N2S2/c1-15-11-21(17(3)27-15)23(19-9-7-5-6-8-10-19)24(20(13-25)14-26)22-12-16(2)28-18(22)4/h5-12,19,23H,1-4H3. The fourth-order valence-electron chi connectivity index (χ4n) is 3.82. The van der Waals surface area contributed by atoms with Crippen LogP contribution in [0.15, 0.2) is 54.2 Å². The molecular weight excluding hydrogens is 380 g/mol. The Morgan fingerprint density at radius 1 is 0.857 bits per heavy atom. The van der Waals surface area contributed by atoms with Crippen LogP contribution in [-0.2, 0) is 0 Å². The van der Waals surface area contributed by atoms with E-state index in [0.717, 1.165) is 16.0 Å². The third kappa shape index (κ3) is 3.94. The monoisotopic (exact) mass is 402 g/mol. The predicted octanol–water partition coefficient (Wildman–Crippen LogP) is 6.93. The van der Waals surface area contributed by atoms with E-state index in [1.54, 1.807) is 22.7 Å². The van der Waals surface area contributed by atoms with Gasteiger partial charge in [-0.2, -0.15) is 10.5 Å². The van der Waals surface area contributed by atoms with Gasteiger partial charge in [-0.1, -0.05) is 36.5 Å². The van der Waals surface area contributed by atoms with E-state index in [4.69, 9.17) is 0 Å². The number of thiophene rings is 2. The molecule has 0 amide bonds. The summed E-state index contributed by atoms with van der Waals surface area (Å²) in [6.45, 7) is 8.38. The third-order valence-corrected chi connectivity index (χ3v) is 6.88. The smallest absolute Gasteiger partial charge is 0.134 e. The molecule has 2 heterocycles. The van der Waals surface area contributed by atoms with Crippen LogP contribution in [0.2, 0.25) is 0 Å². The normalized spacial score (nSPS) is 14.4. The molecule has 0 N–H and O–H groups in total. The molecule has 1 atom stereocenters. The lowest BCUT2D eigenvalue weighted by Crippen LogP contribution is -2.13. The summed E-state index contributed by atoms with van der Waals surface area (Å²) in [6.07, 6.45) is 12.5. The summed E-state index contributed by atoms with van der Waals surface area (Å²) in [6, 6.07) is 8.69. The van der Waals surface area contributed by atoms with Crippen molar-refractivity contribution >= 4 is 28.2 Å². The number of nitriles is 2. The molecule has 28 heavy (non-hydrogen) atoms. The molecule has 0 aliphatic heterocycles. The summed E-state index contributed by atoms with van der Waals surface area (Å²) in [7, 11) is 0. The van der Waals surface area contributed by atoms with E-state index in [0.29, 0.717) is 0 Å². The van der Waals surface area contributed by atoms with Crippen LogP contribution in [0.1, 0.15) is 36.6 Å². The number of nitrogens with zero attached hydrogens (tertiary/aromatic N) is 2. The summed E-state index contributed by atoms with van der Waals surface area (Å²) in [5.74, 6) is -0.0200. The molecule has 1 aliphatic carbocycles. The molecule has 0 fully saturated rings. The summed E-state index contributed by atoms with van der Waals surface area (Å²) >= 11 is 3.48. The van der Waals surface area contributed by atoms with Crippen LogP contribution in [0.25, 0.3) is 5.57 Å². The van der Waals surface area contributed by atoms with Gasteiger partial charge in [0.15, 0.2) is 0 Å². The van der Waals surface area contributed by atoms with Gasteiger partial charge in [0.2, 0.25) is 0 Å². The summed E-state index contributed by atoms with van der Waals surface area (Å²) in [4.78, 5) is 4.81. The predicted molar refractivity (Wildman–Crippen MR) is 119 cm³/mol. The number of aryl methyl sites for hydroxylation is 4. The second-order valence-electron chi connectivity index (χ2n) is 6.92. The van der Waals surface area contributed by atoms with Crippen molar-refractivity contribution in [3.63, 3.8) is 0 Å². The Kier molecular flexibility index (Phi) is 6.15. The molecular formula is C24H22N2S2. The molecule has 1 aliphatic rings. The minimum Gasteiger partial charge on any atom is -0.192 e. The lowest BCUT2D eigenvalue weighted by molar-refractivity contribution is 0.721. The van der Waals surface area contributed by atoms with Gasteiger partial charge in [-0.15, -0.1) is 22.7 Å². The number of allylic oxidation sites excluding steroid dienone is 8. The van der Waals surface area contributed by atoms with E-state index >= 15 is 0 Å². The average molecular weight is 403 g/mol. The largest absolute Gasteiger partial charge is 0.192 e. The van der Waals surface area contributed by atoms with Crippen molar-refractivity contribution in [1.82, 2.24) is 0 Å². The molecule has 2 aromatic heterocycles. The van der Waals surface area contributed by atoms with Gasteiger partial charge in [-0.3, -0.25) is 0 Å². The van der Waals surface area contributed by atoms with E-state index < -0.39 is 0 Å². The van der Waals surface area contributed by atoms with E-state index in [1.807, 2.05) is 24.3 Å². The van der Waals surface area contributed by atoms with Crippen LogP contribution in [0.5, 0.6) is 0 Å². The van der Waals surface area contributed by atoms with Gasteiger partial charge in [-0.25, -0.2) is 0 Å². The van der Waals surface area contributed by atoms with Crippen LogP contribution in [0.4, 0.5) is 0 Å². The first-order chi connectivity index (χ1) is 13.5. The Hall–Kier alpha value is -2.66. The van der Waals surface area contributed by atoms with E-state index in [-0.39, 0.29) is 17.4 Å². The van der Waals surface area contributed by atoms with Crippen molar-refractivity contribution in [1.29, 1.82) is 10.5 Å². The number of hydrogen-bond donors (Lipinski definition) is 0. The summed E-state index contributed by atoms with van der Waals surface area (Å²) in [5, 5.41) is 19.6. The number of rotatable bonds is 4. The highest BCUT2D eigenvalue weighted by Crippen LogP contribution is 2.46. The van der Waals surface area contributed by atoms with Gasteiger partial charge in [0.1, 0.15) is 17.7 Å². The highest BCUT2D eigenvalue weighted by Gasteiger charge is 2.31. The Bertz CT molecular complexity index is 1060. The van der Waals surface area contributed by atoms with Crippen LogP contribution >= 0.6 is 22.7 Å². The molecule has 4 heteroatoms.